The van der Waals surface area contributed by atoms with Gasteiger partial charge < -0.3 is 14.6 Å². The van der Waals surface area contributed by atoms with Crippen molar-refractivity contribution < 1.29 is 14.6 Å². The van der Waals surface area contributed by atoms with Crippen LogP contribution in [0.5, 0.6) is 0 Å². The Morgan fingerprint density at radius 1 is 1.50 bits per heavy atom. The van der Waals surface area contributed by atoms with Crippen molar-refractivity contribution in [2.24, 2.45) is 0 Å². The number of aliphatic hydroxyl groups excluding tert-OH is 1. The van der Waals surface area contributed by atoms with Crippen LogP contribution in [0.3, 0.4) is 0 Å². The lowest BCUT2D eigenvalue weighted by Gasteiger charge is -2.24. The quantitative estimate of drug-likeness (QED) is 0.891. The number of hydrogen-bond acceptors (Lipinski definition) is 3. The maximum atomic E-state index is 9.00. The van der Waals surface area contributed by atoms with Crippen molar-refractivity contribution in [1.29, 1.82) is 0 Å². The van der Waals surface area contributed by atoms with E-state index in [1.807, 2.05) is 0 Å². The van der Waals surface area contributed by atoms with Crippen molar-refractivity contribution in [3.8, 4) is 0 Å². The number of hydrogen-bond donors (Lipinski definition) is 1. The molecule has 0 amide bonds. The second-order valence-electron chi connectivity index (χ2n) is 3.80. The Kier molecular flexibility index (Phi) is 3.42. The zero-order valence-electron chi connectivity index (χ0n) is 8.74. The highest BCUT2D eigenvalue weighted by Crippen LogP contribution is 2.38. The maximum absolute atomic E-state index is 9.00. The lowest BCUT2D eigenvalue weighted by molar-refractivity contribution is -0.165. The highest BCUT2D eigenvalue weighted by molar-refractivity contribution is 6.35. The monoisotopic (exact) mass is 262 g/mol. The minimum atomic E-state index is -0.908. The molecule has 0 aliphatic carbocycles. The van der Waals surface area contributed by atoms with E-state index in [9.17, 15) is 0 Å². The fourth-order valence-corrected chi connectivity index (χ4v) is 2.31. The van der Waals surface area contributed by atoms with E-state index in [1.54, 1.807) is 25.1 Å². The molecule has 1 fully saturated rings. The Balaban J connectivity index is 2.30. The maximum Gasteiger partial charge on any atom is 0.194 e. The first-order chi connectivity index (χ1) is 7.55. The average molecular weight is 263 g/mol. The predicted molar refractivity (Wildman–Crippen MR) is 61.7 cm³/mol. The number of aliphatic hydroxyl groups is 1. The van der Waals surface area contributed by atoms with E-state index >= 15 is 0 Å². The van der Waals surface area contributed by atoms with E-state index in [1.165, 1.54) is 0 Å². The van der Waals surface area contributed by atoms with Crippen LogP contribution in [0.15, 0.2) is 18.2 Å². The molecule has 1 N–H and O–H groups in total. The fourth-order valence-electron chi connectivity index (χ4n) is 1.73. The third-order valence-corrected chi connectivity index (χ3v) is 3.11. The van der Waals surface area contributed by atoms with Gasteiger partial charge in [-0.1, -0.05) is 29.3 Å². The van der Waals surface area contributed by atoms with Crippen molar-refractivity contribution in [1.82, 2.24) is 0 Å². The number of ether oxygens (including phenoxy) is 2. The summed E-state index contributed by atoms with van der Waals surface area (Å²) in [5.74, 6) is -0.908. The van der Waals surface area contributed by atoms with Crippen molar-refractivity contribution in [2.45, 2.75) is 18.8 Å². The van der Waals surface area contributed by atoms with Gasteiger partial charge in [-0.2, -0.15) is 0 Å². The Hall–Kier alpha value is -0.320. The predicted octanol–water partition coefficient (Wildman–Crippen LogP) is 2.57. The zero-order chi connectivity index (χ0) is 11.8. The molecule has 1 aliphatic rings. The minimum Gasteiger partial charge on any atom is -0.394 e. The molecule has 2 atom stereocenters. The summed E-state index contributed by atoms with van der Waals surface area (Å²) >= 11 is 11.9. The van der Waals surface area contributed by atoms with Gasteiger partial charge in [0.15, 0.2) is 5.79 Å². The van der Waals surface area contributed by atoms with Crippen LogP contribution in [0, 0.1) is 0 Å². The average Bonchev–Trinajstić information content (AvgIpc) is 2.61. The SMILES string of the molecule is C[C@]1(c2ccc(Cl)cc2Cl)OCC(CO)O1. The molecule has 0 spiro atoms. The molecule has 0 aromatic heterocycles. The molecule has 1 aromatic carbocycles. The van der Waals surface area contributed by atoms with Crippen molar-refractivity contribution in [3.05, 3.63) is 33.8 Å². The summed E-state index contributed by atoms with van der Waals surface area (Å²) in [6, 6.07) is 5.14. The van der Waals surface area contributed by atoms with Crippen LogP contribution in [-0.4, -0.2) is 24.4 Å². The van der Waals surface area contributed by atoms with Gasteiger partial charge >= 0.3 is 0 Å². The largest absolute Gasteiger partial charge is 0.394 e. The van der Waals surface area contributed by atoms with Crippen molar-refractivity contribution in [2.75, 3.05) is 13.2 Å². The standard InChI is InChI=1S/C11H12Cl2O3/c1-11(15-6-8(5-14)16-11)9-3-2-7(12)4-10(9)13/h2-4,8,14H,5-6H2,1H3/t8?,11-/m0/s1. The van der Waals surface area contributed by atoms with Gasteiger partial charge in [0.25, 0.3) is 0 Å². The third-order valence-electron chi connectivity index (χ3n) is 2.56. The lowest BCUT2D eigenvalue weighted by atomic mass is 10.1. The fraction of sp³-hybridized carbons (Fsp3) is 0.455. The molecule has 2 rings (SSSR count). The molecular weight excluding hydrogens is 251 g/mol. The van der Waals surface area contributed by atoms with Gasteiger partial charge in [-0.25, -0.2) is 0 Å². The first-order valence-electron chi connectivity index (χ1n) is 4.93. The van der Waals surface area contributed by atoms with Gasteiger partial charge in [-0.15, -0.1) is 0 Å². The normalized spacial score (nSPS) is 29.6. The molecule has 88 valence electrons. The molecule has 5 heteroatoms. The van der Waals surface area contributed by atoms with Crippen LogP contribution in [0.4, 0.5) is 0 Å². The molecule has 1 aliphatic heterocycles. The van der Waals surface area contributed by atoms with E-state index in [4.69, 9.17) is 37.8 Å². The molecule has 1 unspecified atom stereocenters. The van der Waals surface area contributed by atoms with E-state index in [0.29, 0.717) is 16.7 Å². The van der Waals surface area contributed by atoms with Gasteiger partial charge in [-0.05, 0) is 19.1 Å². The second-order valence-corrected chi connectivity index (χ2v) is 4.65. The summed E-state index contributed by atoms with van der Waals surface area (Å²) in [6.45, 7) is 2.06. The Morgan fingerprint density at radius 2 is 2.25 bits per heavy atom. The lowest BCUT2D eigenvalue weighted by Crippen LogP contribution is -2.25. The Bertz CT molecular complexity index is 397. The summed E-state index contributed by atoms with van der Waals surface area (Å²) in [7, 11) is 0. The first kappa shape index (κ1) is 12.1. The summed E-state index contributed by atoms with van der Waals surface area (Å²) in [5, 5.41) is 10.1. The van der Waals surface area contributed by atoms with E-state index in [2.05, 4.69) is 0 Å². The highest BCUT2D eigenvalue weighted by atomic mass is 35.5. The van der Waals surface area contributed by atoms with E-state index < -0.39 is 5.79 Å². The molecule has 0 bridgehead atoms. The Morgan fingerprint density at radius 3 is 2.81 bits per heavy atom. The van der Waals surface area contributed by atoms with Crippen LogP contribution in [-0.2, 0) is 15.3 Å². The summed E-state index contributed by atoms with van der Waals surface area (Å²) in [6.07, 6.45) is -0.309. The molecule has 1 aromatic rings. The molecule has 3 nitrogen and oxygen atoms in total. The summed E-state index contributed by atoms with van der Waals surface area (Å²) in [5.41, 5.74) is 0.717. The van der Waals surface area contributed by atoms with Crippen molar-refractivity contribution >= 4 is 23.2 Å². The molecule has 0 radical (unpaired) electrons. The van der Waals surface area contributed by atoms with Gasteiger partial charge in [0.05, 0.1) is 18.2 Å². The summed E-state index contributed by atoms with van der Waals surface area (Å²) in [4.78, 5) is 0. The number of benzene rings is 1. The van der Waals surface area contributed by atoms with Crippen LogP contribution < -0.4 is 0 Å². The van der Waals surface area contributed by atoms with Gasteiger partial charge in [-0.3, -0.25) is 0 Å². The van der Waals surface area contributed by atoms with E-state index in [-0.39, 0.29) is 12.7 Å². The molecule has 16 heavy (non-hydrogen) atoms. The molecule has 1 heterocycles. The van der Waals surface area contributed by atoms with Crippen LogP contribution in [0.25, 0.3) is 0 Å². The second kappa shape index (κ2) is 4.51. The van der Waals surface area contributed by atoms with Crippen molar-refractivity contribution in [3.63, 3.8) is 0 Å². The zero-order valence-corrected chi connectivity index (χ0v) is 10.3. The number of rotatable bonds is 2. The van der Waals surface area contributed by atoms with Crippen LogP contribution in [0.1, 0.15) is 12.5 Å². The molecular formula is C11H12Cl2O3. The third kappa shape index (κ3) is 2.19. The van der Waals surface area contributed by atoms with Gasteiger partial charge in [0, 0.05) is 10.6 Å². The highest BCUT2D eigenvalue weighted by Gasteiger charge is 2.39. The Labute approximate surface area is 104 Å². The molecule has 0 saturated carbocycles. The first-order valence-corrected chi connectivity index (χ1v) is 5.69. The van der Waals surface area contributed by atoms with Gasteiger partial charge in [0.2, 0.25) is 0 Å². The minimum absolute atomic E-state index is 0.0687. The van der Waals surface area contributed by atoms with E-state index in [0.717, 1.165) is 5.56 Å². The smallest absolute Gasteiger partial charge is 0.194 e. The topological polar surface area (TPSA) is 38.7 Å². The van der Waals surface area contributed by atoms with Crippen LogP contribution >= 0.6 is 23.2 Å². The molecule has 1 saturated heterocycles. The van der Waals surface area contributed by atoms with Crippen LogP contribution in [0.2, 0.25) is 10.0 Å². The number of halogens is 2. The van der Waals surface area contributed by atoms with Gasteiger partial charge in [0.1, 0.15) is 6.10 Å². The summed E-state index contributed by atoms with van der Waals surface area (Å²) < 4.78 is 11.1.